The van der Waals surface area contributed by atoms with Gasteiger partial charge in [0.25, 0.3) is 0 Å². The second-order valence-corrected chi connectivity index (χ2v) is 21.1. The predicted molar refractivity (Wildman–Crippen MR) is 270 cm³/mol. The second kappa shape index (κ2) is 20.1. The number of aryl methyl sites for hydroxylation is 1. The minimum atomic E-state index is -0.202. The third kappa shape index (κ3) is 10.5. The van der Waals surface area contributed by atoms with Crippen molar-refractivity contribution < 1.29 is 0 Å². The summed E-state index contributed by atoms with van der Waals surface area (Å²) in [6.45, 7) is 46.4. The van der Waals surface area contributed by atoms with Crippen molar-refractivity contribution in [2.45, 2.75) is 168 Å². The maximum Gasteiger partial charge on any atom is 0.0358 e. The second-order valence-electron chi connectivity index (χ2n) is 20.2. The Morgan fingerprint density at radius 3 is 2.14 bits per heavy atom. The lowest BCUT2D eigenvalue weighted by Gasteiger charge is -2.53. The van der Waals surface area contributed by atoms with Crippen LogP contribution in [0.2, 0.25) is 0 Å². The maximum absolute atomic E-state index is 7.23. The molecule has 4 unspecified atom stereocenters. The van der Waals surface area contributed by atoms with Crippen LogP contribution in [0.3, 0.4) is 0 Å². The van der Waals surface area contributed by atoms with Crippen LogP contribution < -0.4 is 5.73 Å². The Balaban J connectivity index is 2.05. The van der Waals surface area contributed by atoms with Crippen molar-refractivity contribution in [3.63, 3.8) is 0 Å². The largest absolute Gasteiger partial charge is 0.399 e. The normalized spacial score (nSPS) is 20.5. The SMILES string of the molecule is C=C(CC/C(=C\C)C(C)(S)C(C)(C)C)C1=CC=CCC1C(C)(C=CCC)C(C)(C)C(C)/C(C)=C(N)\C=C(/C)c1c(C)ccc2c1CC(/C(C)=C(/C=C\CC)C(C)C)=C2C. The van der Waals surface area contributed by atoms with E-state index in [-0.39, 0.29) is 32.8 Å². The number of hydrogen-bond acceptors (Lipinski definition) is 2. The van der Waals surface area contributed by atoms with E-state index in [1.807, 2.05) is 0 Å². The fourth-order valence-corrected chi connectivity index (χ4v) is 10.1. The van der Waals surface area contributed by atoms with E-state index in [9.17, 15) is 0 Å². The van der Waals surface area contributed by atoms with Gasteiger partial charge in [-0.2, -0.15) is 12.6 Å². The first kappa shape index (κ1) is 50.1. The summed E-state index contributed by atoms with van der Waals surface area (Å²) < 4.78 is -0.202. The molecule has 1 nitrogen and oxygen atoms in total. The molecule has 1 aromatic rings. The van der Waals surface area contributed by atoms with Crippen LogP contribution in [0.5, 0.6) is 0 Å². The summed E-state index contributed by atoms with van der Waals surface area (Å²) in [5.41, 5.74) is 25.6. The molecule has 0 spiro atoms. The highest BCUT2D eigenvalue weighted by molar-refractivity contribution is 7.82. The summed E-state index contributed by atoms with van der Waals surface area (Å²) in [6.07, 6.45) is 26.9. The molecule has 4 atom stereocenters. The minimum Gasteiger partial charge on any atom is -0.399 e. The first-order valence-corrected chi connectivity index (χ1v) is 23.3. The zero-order valence-electron chi connectivity index (χ0n) is 41.1. The van der Waals surface area contributed by atoms with Crippen LogP contribution in [0.4, 0.5) is 0 Å². The van der Waals surface area contributed by atoms with Gasteiger partial charge in [-0.05, 0) is 188 Å². The van der Waals surface area contributed by atoms with Gasteiger partial charge in [0, 0.05) is 10.4 Å². The minimum absolute atomic E-state index is 0.0407. The van der Waals surface area contributed by atoms with Gasteiger partial charge in [0.2, 0.25) is 0 Å². The summed E-state index contributed by atoms with van der Waals surface area (Å²) in [6, 6.07) is 4.65. The van der Waals surface area contributed by atoms with E-state index < -0.39 is 0 Å². The van der Waals surface area contributed by atoms with E-state index in [0.717, 1.165) is 44.2 Å². The van der Waals surface area contributed by atoms with Gasteiger partial charge in [-0.15, -0.1) is 0 Å². The van der Waals surface area contributed by atoms with E-state index >= 15 is 0 Å². The van der Waals surface area contributed by atoms with Gasteiger partial charge in [0.1, 0.15) is 0 Å². The molecule has 0 amide bonds. The molecule has 0 heterocycles. The molecule has 0 saturated carbocycles. The quantitative estimate of drug-likeness (QED) is 0.0914. The Morgan fingerprint density at radius 2 is 1.58 bits per heavy atom. The Bertz CT molecular complexity index is 2000. The fraction of sp³-hybridized carbons (Fsp3) is 0.544. The summed E-state index contributed by atoms with van der Waals surface area (Å²) in [4.78, 5) is 0. The van der Waals surface area contributed by atoms with Gasteiger partial charge < -0.3 is 5.73 Å². The Morgan fingerprint density at radius 1 is 0.949 bits per heavy atom. The van der Waals surface area contributed by atoms with Crippen LogP contribution in [0.1, 0.15) is 172 Å². The highest BCUT2D eigenvalue weighted by Crippen LogP contribution is 2.57. The average molecular weight is 816 g/mol. The number of thiol groups is 1. The first-order valence-electron chi connectivity index (χ1n) is 22.8. The standard InChI is InChI=1S/C57H85NS/c1-20-23-27-46(37(4)5)42(10)49-36-50-48(43(49)11)33-31-39(7)53(50)40(8)35-52(58)41(9)44(12)55(16,17)56(18,34-24-21-2)51-29-26-25-28-47(51)38(6)30-32-45(22-3)57(19,59)54(13,14)15/h22-28,31,33-35,37,44,51,59H,6,20-21,29-30,32,36,58H2,1-5,7-19H3/b27-23-,34-24?,40-35+,45-22+,46-42-,52-41+. The number of rotatable bonds is 17. The zero-order chi connectivity index (χ0) is 44.8. The molecule has 0 aliphatic heterocycles. The van der Waals surface area contributed by atoms with Gasteiger partial charge >= 0.3 is 0 Å². The summed E-state index contributed by atoms with van der Waals surface area (Å²) >= 11 is 5.21. The molecule has 1 aromatic carbocycles. The van der Waals surface area contributed by atoms with Gasteiger partial charge in [-0.1, -0.05) is 155 Å². The van der Waals surface area contributed by atoms with Crippen LogP contribution in [0.25, 0.3) is 11.1 Å². The molecule has 59 heavy (non-hydrogen) atoms. The molecule has 2 aliphatic rings. The van der Waals surface area contributed by atoms with E-state index in [2.05, 4.69) is 191 Å². The monoisotopic (exact) mass is 816 g/mol. The molecule has 0 fully saturated rings. The number of hydrogen-bond donors (Lipinski definition) is 2. The van der Waals surface area contributed by atoms with Gasteiger partial charge in [0.15, 0.2) is 0 Å². The van der Waals surface area contributed by atoms with E-state index in [1.54, 1.807) is 0 Å². The van der Waals surface area contributed by atoms with E-state index in [4.69, 9.17) is 24.9 Å². The lowest BCUT2D eigenvalue weighted by Crippen LogP contribution is -2.46. The van der Waals surface area contributed by atoms with Gasteiger partial charge in [-0.25, -0.2) is 0 Å². The van der Waals surface area contributed by atoms with Crippen molar-refractivity contribution in [1.82, 2.24) is 0 Å². The molecule has 0 bridgehead atoms. The molecular formula is C57H85NS. The lowest BCUT2D eigenvalue weighted by molar-refractivity contribution is 0.0482. The Hall–Kier alpha value is -3.23. The van der Waals surface area contributed by atoms with Crippen molar-refractivity contribution in [1.29, 1.82) is 0 Å². The first-order chi connectivity index (χ1) is 27.3. The highest BCUT2D eigenvalue weighted by Gasteiger charge is 2.49. The van der Waals surface area contributed by atoms with Gasteiger partial charge in [-0.3, -0.25) is 0 Å². The zero-order valence-corrected chi connectivity index (χ0v) is 42.0. The summed E-state index contributed by atoms with van der Waals surface area (Å²) in [5.74, 6) is 0.969. The number of benzene rings is 1. The van der Waals surface area contributed by atoms with Crippen molar-refractivity contribution in [2.24, 2.45) is 39.7 Å². The molecule has 2 aliphatic carbocycles. The topological polar surface area (TPSA) is 26.0 Å². The van der Waals surface area contributed by atoms with Crippen LogP contribution in [0, 0.1) is 40.9 Å². The number of nitrogens with two attached hydrogens (primary N) is 1. The Kier molecular flexibility index (Phi) is 17.1. The number of fused-ring (bicyclic) bond motifs is 1. The van der Waals surface area contributed by atoms with E-state index in [1.165, 1.54) is 72.4 Å². The summed E-state index contributed by atoms with van der Waals surface area (Å²) in [7, 11) is 0. The molecule has 0 saturated heterocycles. The van der Waals surface area contributed by atoms with Crippen molar-refractivity contribution in [3.05, 3.63) is 140 Å². The third-order valence-corrected chi connectivity index (χ3v) is 16.2. The molecule has 0 radical (unpaired) electrons. The van der Waals surface area contributed by atoms with Crippen LogP contribution >= 0.6 is 12.6 Å². The van der Waals surface area contributed by atoms with Crippen LogP contribution in [-0.4, -0.2) is 4.75 Å². The smallest absolute Gasteiger partial charge is 0.0358 e. The van der Waals surface area contributed by atoms with Crippen LogP contribution in [-0.2, 0) is 6.42 Å². The molecular weight excluding hydrogens is 731 g/mol. The third-order valence-electron chi connectivity index (χ3n) is 15.2. The van der Waals surface area contributed by atoms with Crippen molar-refractivity contribution >= 4 is 23.8 Å². The molecule has 0 aromatic heterocycles. The van der Waals surface area contributed by atoms with Crippen molar-refractivity contribution in [3.8, 4) is 0 Å². The average Bonchev–Trinajstić information content (AvgIpc) is 3.50. The van der Waals surface area contributed by atoms with Crippen LogP contribution in [0.15, 0.2) is 118 Å². The number of allylic oxidation sites excluding steroid dienone is 17. The molecule has 2 heteroatoms. The van der Waals surface area contributed by atoms with Crippen molar-refractivity contribution in [2.75, 3.05) is 0 Å². The summed E-state index contributed by atoms with van der Waals surface area (Å²) in [5, 5.41) is 0. The predicted octanol–water partition coefficient (Wildman–Crippen LogP) is 17.1. The van der Waals surface area contributed by atoms with Gasteiger partial charge in [0.05, 0.1) is 0 Å². The van der Waals surface area contributed by atoms with E-state index in [0.29, 0.717) is 5.92 Å². The Labute approximate surface area is 370 Å². The maximum atomic E-state index is 7.23. The molecule has 2 N–H and O–H groups in total. The molecule has 3 rings (SSSR count). The lowest BCUT2D eigenvalue weighted by atomic mass is 9.51. The highest BCUT2D eigenvalue weighted by atomic mass is 32.1. The fourth-order valence-electron chi connectivity index (χ4n) is 9.87. The molecule has 324 valence electrons.